The zero-order valence-corrected chi connectivity index (χ0v) is 21.3. The number of carboxylic acid groups (broad SMARTS) is 1. The zero-order valence-electron chi connectivity index (χ0n) is 21.3. The summed E-state index contributed by atoms with van der Waals surface area (Å²) in [4.78, 5) is 24.4. The van der Waals surface area contributed by atoms with Gasteiger partial charge in [-0.05, 0) is 57.2 Å². The van der Waals surface area contributed by atoms with Crippen LogP contribution in [0.25, 0.3) is 0 Å². The number of fused-ring (bicyclic) bond motifs is 3. The molecule has 1 aromatic carbocycles. The van der Waals surface area contributed by atoms with E-state index in [9.17, 15) is 35.1 Å². The number of allylic oxidation sites excluding steroid dienone is 1. The standard InChI is InChI=1S/C27H36O10/c1-4-5-6-7-13-10-17(28)19-15-12-14(8-9-16(15)27(2,3)37-18(19)11-13)25(34)36-26-22(31)20(29)21(30)23(35-26)24(32)33/h10-12,15-16,20-23,26,28-31H,4-9H2,1-3H3,(H,32,33)/t15-,16-,20?,21+,22?,23+,26+/m1/s1. The number of phenolic OH excluding ortho intramolecular Hbond substituents is 1. The maximum absolute atomic E-state index is 13.0. The van der Waals surface area contributed by atoms with Gasteiger partial charge in [-0.2, -0.15) is 0 Å². The number of aliphatic hydroxyl groups excluding tert-OH is 3. The minimum Gasteiger partial charge on any atom is -0.507 e. The molecule has 0 radical (unpaired) electrons. The van der Waals surface area contributed by atoms with E-state index in [0.29, 0.717) is 24.2 Å². The van der Waals surface area contributed by atoms with E-state index < -0.39 is 48.2 Å². The van der Waals surface area contributed by atoms with Crippen molar-refractivity contribution in [1.29, 1.82) is 0 Å². The van der Waals surface area contributed by atoms with Gasteiger partial charge in [-0.25, -0.2) is 9.59 Å². The normalized spacial score (nSPS) is 32.4. The first-order chi connectivity index (χ1) is 17.4. The average molecular weight is 521 g/mol. The van der Waals surface area contributed by atoms with Crippen LogP contribution in [-0.2, 0) is 25.5 Å². The Morgan fingerprint density at radius 2 is 1.84 bits per heavy atom. The summed E-state index contributed by atoms with van der Waals surface area (Å²) in [5.41, 5.74) is 1.30. The van der Waals surface area contributed by atoms with Crippen LogP contribution in [-0.4, -0.2) is 73.8 Å². The number of hydrogen-bond acceptors (Lipinski definition) is 9. The van der Waals surface area contributed by atoms with E-state index in [1.807, 2.05) is 19.9 Å². The van der Waals surface area contributed by atoms with Crippen molar-refractivity contribution in [3.05, 3.63) is 34.9 Å². The molecular weight excluding hydrogens is 484 g/mol. The van der Waals surface area contributed by atoms with Gasteiger partial charge in [0, 0.05) is 23.0 Å². The van der Waals surface area contributed by atoms with Gasteiger partial charge < -0.3 is 39.7 Å². The first-order valence-electron chi connectivity index (χ1n) is 12.8. The molecule has 204 valence electrons. The average Bonchev–Trinajstić information content (AvgIpc) is 2.83. The molecule has 10 heteroatoms. The van der Waals surface area contributed by atoms with Crippen molar-refractivity contribution in [2.75, 3.05) is 0 Å². The third-order valence-electron chi connectivity index (χ3n) is 7.69. The van der Waals surface area contributed by atoms with E-state index >= 15 is 0 Å². The SMILES string of the molecule is CCCCCc1cc(O)c2c(c1)OC(C)(C)[C@@H]1CCC(C(=O)O[C@@H]3O[C@H](C(=O)O)[C@@H](O)C(O)C3O)=C[C@@H]21. The highest BCUT2D eigenvalue weighted by molar-refractivity contribution is 5.89. The van der Waals surface area contributed by atoms with Crippen molar-refractivity contribution in [1.82, 2.24) is 0 Å². The van der Waals surface area contributed by atoms with Crippen LogP contribution >= 0.6 is 0 Å². The van der Waals surface area contributed by atoms with Gasteiger partial charge >= 0.3 is 11.9 Å². The van der Waals surface area contributed by atoms with Crippen molar-refractivity contribution in [3.8, 4) is 11.5 Å². The van der Waals surface area contributed by atoms with Crippen molar-refractivity contribution in [2.45, 2.75) is 102 Å². The molecule has 7 atom stereocenters. The van der Waals surface area contributed by atoms with Crippen LogP contribution in [0, 0.1) is 5.92 Å². The second-order valence-electron chi connectivity index (χ2n) is 10.7. The molecule has 2 unspecified atom stereocenters. The van der Waals surface area contributed by atoms with Gasteiger partial charge in [-0.1, -0.05) is 25.8 Å². The molecule has 0 saturated carbocycles. The number of carbonyl (C=O) groups excluding carboxylic acids is 1. The summed E-state index contributed by atoms with van der Waals surface area (Å²) in [6, 6.07) is 3.70. The first-order valence-corrected chi connectivity index (χ1v) is 12.8. The van der Waals surface area contributed by atoms with Crippen LogP contribution < -0.4 is 4.74 Å². The second kappa shape index (κ2) is 10.6. The van der Waals surface area contributed by atoms with Crippen LogP contribution in [0.4, 0.5) is 0 Å². The molecule has 10 nitrogen and oxygen atoms in total. The fourth-order valence-corrected chi connectivity index (χ4v) is 5.64. The number of rotatable bonds is 7. The van der Waals surface area contributed by atoms with Gasteiger partial charge in [0.1, 0.15) is 35.4 Å². The molecule has 4 rings (SSSR count). The number of esters is 1. The van der Waals surface area contributed by atoms with E-state index in [1.54, 1.807) is 12.1 Å². The molecule has 1 fully saturated rings. The Kier molecular flexibility index (Phi) is 7.85. The lowest BCUT2D eigenvalue weighted by Gasteiger charge is -2.46. The molecule has 1 aliphatic carbocycles. The summed E-state index contributed by atoms with van der Waals surface area (Å²) in [5.74, 6) is -2.08. The number of aryl methyl sites for hydroxylation is 1. The topological polar surface area (TPSA) is 163 Å². The predicted octanol–water partition coefficient (Wildman–Crippen LogP) is 2.15. The maximum atomic E-state index is 13.0. The highest BCUT2D eigenvalue weighted by Gasteiger charge is 2.50. The van der Waals surface area contributed by atoms with Crippen LogP contribution in [0.1, 0.15) is 69.9 Å². The monoisotopic (exact) mass is 520 g/mol. The van der Waals surface area contributed by atoms with E-state index in [4.69, 9.17) is 14.2 Å². The summed E-state index contributed by atoms with van der Waals surface area (Å²) >= 11 is 0. The van der Waals surface area contributed by atoms with Gasteiger partial charge in [0.25, 0.3) is 0 Å². The number of carboxylic acids is 1. The number of aliphatic hydroxyl groups is 3. The fraction of sp³-hybridized carbons (Fsp3) is 0.630. The molecular formula is C27H36O10. The Bertz CT molecular complexity index is 1060. The van der Waals surface area contributed by atoms with Gasteiger partial charge in [-0.15, -0.1) is 0 Å². The number of phenols is 1. The molecule has 3 aliphatic rings. The molecule has 2 aliphatic heterocycles. The number of ether oxygens (including phenoxy) is 3. The fourth-order valence-electron chi connectivity index (χ4n) is 5.64. The summed E-state index contributed by atoms with van der Waals surface area (Å²) in [7, 11) is 0. The van der Waals surface area contributed by atoms with E-state index in [2.05, 4.69) is 6.92 Å². The second-order valence-corrected chi connectivity index (χ2v) is 10.7. The molecule has 0 aromatic heterocycles. The van der Waals surface area contributed by atoms with Gasteiger partial charge in [0.15, 0.2) is 6.10 Å². The smallest absolute Gasteiger partial charge is 0.336 e. The van der Waals surface area contributed by atoms with E-state index in [-0.39, 0.29) is 23.2 Å². The number of aromatic hydroxyl groups is 1. The lowest BCUT2D eigenvalue weighted by atomic mass is 9.67. The Labute approximate surface area is 215 Å². The molecule has 37 heavy (non-hydrogen) atoms. The van der Waals surface area contributed by atoms with Gasteiger partial charge in [-0.3, -0.25) is 0 Å². The van der Waals surface area contributed by atoms with Crippen molar-refractivity contribution < 1.29 is 49.3 Å². The predicted molar refractivity (Wildman–Crippen MR) is 130 cm³/mol. The Morgan fingerprint density at radius 3 is 2.51 bits per heavy atom. The quantitative estimate of drug-likeness (QED) is 0.266. The summed E-state index contributed by atoms with van der Waals surface area (Å²) in [6.45, 7) is 6.10. The number of carbonyl (C=O) groups is 2. The lowest BCUT2D eigenvalue weighted by Crippen LogP contribution is -2.60. The zero-order chi connectivity index (χ0) is 27.1. The van der Waals surface area contributed by atoms with Crippen molar-refractivity contribution in [2.24, 2.45) is 5.92 Å². The number of aliphatic carboxylic acids is 1. The highest BCUT2D eigenvalue weighted by Crippen LogP contribution is 2.53. The largest absolute Gasteiger partial charge is 0.507 e. The summed E-state index contributed by atoms with van der Waals surface area (Å²) in [6.07, 6.45) is -2.61. The van der Waals surface area contributed by atoms with E-state index in [1.165, 1.54) is 0 Å². The third kappa shape index (κ3) is 5.34. The lowest BCUT2D eigenvalue weighted by molar-refractivity contribution is -0.285. The van der Waals surface area contributed by atoms with Gasteiger partial charge in [0.2, 0.25) is 6.29 Å². The van der Waals surface area contributed by atoms with Crippen molar-refractivity contribution >= 4 is 11.9 Å². The first kappa shape index (κ1) is 27.4. The molecule has 0 amide bonds. The van der Waals surface area contributed by atoms with Crippen LogP contribution in [0.3, 0.4) is 0 Å². The Hall–Kier alpha value is -2.66. The molecule has 2 heterocycles. The molecule has 5 N–H and O–H groups in total. The van der Waals surface area contributed by atoms with Crippen LogP contribution in [0.2, 0.25) is 0 Å². The Balaban J connectivity index is 1.59. The van der Waals surface area contributed by atoms with Gasteiger partial charge in [0.05, 0.1) is 0 Å². The Morgan fingerprint density at radius 1 is 1.11 bits per heavy atom. The number of unbranched alkanes of at least 4 members (excludes halogenated alkanes) is 2. The minimum atomic E-state index is -1.88. The van der Waals surface area contributed by atoms with E-state index in [0.717, 1.165) is 31.2 Å². The summed E-state index contributed by atoms with van der Waals surface area (Å²) < 4.78 is 16.7. The molecule has 1 saturated heterocycles. The number of hydrogen-bond donors (Lipinski definition) is 5. The molecule has 0 spiro atoms. The third-order valence-corrected chi connectivity index (χ3v) is 7.69. The molecule has 0 bridgehead atoms. The number of benzene rings is 1. The van der Waals surface area contributed by atoms with Crippen LogP contribution in [0.5, 0.6) is 11.5 Å². The summed E-state index contributed by atoms with van der Waals surface area (Å²) in [5, 5.41) is 50.3. The molecule has 1 aromatic rings. The minimum absolute atomic E-state index is 0.0294. The maximum Gasteiger partial charge on any atom is 0.336 e. The van der Waals surface area contributed by atoms with Crippen LogP contribution in [0.15, 0.2) is 23.8 Å². The van der Waals surface area contributed by atoms with Crippen molar-refractivity contribution in [3.63, 3.8) is 0 Å². The highest BCUT2D eigenvalue weighted by atomic mass is 16.7.